The molecule has 0 N–H and O–H groups in total. The summed E-state index contributed by atoms with van der Waals surface area (Å²) >= 11 is 1.74. The lowest BCUT2D eigenvalue weighted by Crippen LogP contribution is -2.12. The van der Waals surface area contributed by atoms with E-state index in [2.05, 4.69) is 6.07 Å². The molecule has 0 saturated heterocycles. The Kier molecular flexibility index (Phi) is 3.88. The van der Waals surface area contributed by atoms with E-state index in [4.69, 9.17) is 9.47 Å². The molecule has 1 heterocycles. The maximum absolute atomic E-state index is 12.8. The highest BCUT2D eigenvalue weighted by Crippen LogP contribution is 2.41. The van der Waals surface area contributed by atoms with Crippen molar-refractivity contribution in [2.45, 2.75) is 10.8 Å². The second-order valence-corrected chi connectivity index (χ2v) is 5.90. The molecule has 21 heavy (non-hydrogen) atoms. The average Bonchev–Trinajstić information content (AvgIpc) is 2.97. The van der Waals surface area contributed by atoms with Gasteiger partial charge in [-0.3, -0.25) is 4.79 Å². The SMILES string of the molecule is COc1ccc(C(=O)C2CSc3ccccc32)cc1OC. The van der Waals surface area contributed by atoms with Gasteiger partial charge in [0.1, 0.15) is 0 Å². The van der Waals surface area contributed by atoms with Crippen molar-refractivity contribution in [1.29, 1.82) is 0 Å². The summed E-state index contributed by atoms with van der Waals surface area (Å²) in [5.74, 6) is 2.07. The first-order chi connectivity index (χ1) is 10.2. The maximum Gasteiger partial charge on any atom is 0.171 e. The molecule has 108 valence electrons. The van der Waals surface area contributed by atoms with Crippen molar-refractivity contribution in [3.8, 4) is 11.5 Å². The Morgan fingerprint density at radius 1 is 1.10 bits per heavy atom. The first kappa shape index (κ1) is 14.0. The van der Waals surface area contributed by atoms with Crippen LogP contribution < -0.4 is 9.47 Å². The lowest BCUT2D eigenvalue weighted by atomic mass is 9.92. The first-order valence-corrected chi connectivity index (χ1v) is 7.71. The molecule has 0 aromatic heterocycles. The molecule has 2 aromatic carbocycles. The van der Waals surface area contributed by atoms with Crippen LogP contribution in [0.2, 0.25) is 0 Å². The number of Topliss-reactive ketones (excluding diaryl/α,β-unsaturated/α-hetero) is 1. The molecule has 0 aliphatic carbocycles. The fraction of sp³-hybridized carbons (Fsp3) is 0.235. The van der Waals surface area contributed by atoms with Crippen molar-refractivity contribution in [2.75, 3.05) is 20.0 Å². The summed E-state index contributed by atoms with van der Waals surface area (Å²) in [6.45, 7) is 0. The fourth-order valence-corrected chi connectivity index (χ4v) is 3.80. The van der Waals surface area contributed by atoms with E-state index in [1.54, 1.807) is 44.2 Å². The summed E-state index contributed by atoms with van der Waals surface area (Å²) in [4.78, 5) is 14.0. The highest BCUT2D eigenvalue weighted by Gasteiger charge is 2.30. The van der Waals surface area contributed by atoms with Gasteiger partial charge in [0.15, 0.2) is 17.3 Å². The number of hydrogen-bond acceptors (Lipinski definition) is 4. The average molecular weight is 300 g/mol. The minimum atomic E-state index is -0.0794. The monoisotopic (exact) mass is 300 g/mol. The van der Waals surface area contributed by atoms with Gasteiger partial charge in [-0.1, -0.05) is 18.2 Å². The third-order valence-electron chi connectivity index (χ3n) is 3.68. The van der Waals surface area contributed by atoms with Crippen molar-refractivity contribution >= 4 is 17.5 Å². The normalized spacial score (nSPS) is 16.4. The minimum Gasteiger partial charge on any atom is -0.493 e. The number of carbonyl (C=O) groups is 1. The summed E-state index contributed by atoms with van der Waals surface area (Å²) in [6.07, 6.45) is 0. The molecule has 1 unspecified atom stereocenters. The topological polar surface area (TPSA) is 35.5 Å². The first-order valence-electron chi connectivity index (χ1n) is 6.72. The number of methoxy groups -OCH3 is 2. The summed E-state index contributed by atoms with van der Waals surface area (Å²) < 4.78 is 10.5. The Labute approximate surface area is 128 Å². The van der Waals surface area contributed by atoms with E-state index >= 15 is 0 Å². The molecule has 1 aliphatic heterocycles. The van der Waals surface area contributed by atoms with E-state index in [0.29, 0.717) is 17.1 Å². The summed E-state index contributed by atoms with van der Waals surface area (Å²) in [6, 6.07) is 13.4. The largest absolute Gasteiger partial charge is 0.493 e. The Hall–Kier alpha value is -1.94. The van der Waals surface area contributed by atoms with Gasteiger partial charge in [-0.05, 0) is 29.8 Å². The molecule has 0 fully saturated rings. The zero-order valence-electron chi connectivity index (χ0n) is 12.0. The highest BCUT2D eigenvalue weighted by molar-refractivity contribution is 7.99. The number of rotatable bonds is 4. The molecule has 0 saturated carbocycles. The number of thioether (sulfide) groups is 1. The van der Waals surface area contributed by atoms with Gasteiger partial charge in [0, 0.05) is 16.2 Å². The molecular weight excluding hydrogens is 284 g/mol. The summed E-state index contributed by atoms with van der Waals surface area (Å²) in [7, 11) is 3.16. The van der Waals surface area contributed by atoms with E-state index in [1.807, 2.05) is 18.2 Å². The molecular formula is C17H16O3S. The van der Waals surface area contributed by atoms with E-state index in [0.717, 1.165) is 11.3 Å². The molecule has 3 nitrogen and oxygen atoms in total. The van der Waals surface area contributed by atoms with Gasteiger partial charge in [0.2, 0.25) is 0 Å². The standard InChI is InChI=1S/C17H16O3S/c1-19-14-8-7-11(9-15(14)20-2)17(18)13-10-21-16-6-4-3-5-12(13)16/h3-9,13H,10H2,1-2H3. The number of ether oxygens (including phenoxy) is 2. The van der Waals surface area contributed by atoms with Crippen molar-refractivity contribution in [1.82, 2.24) is 0 Å². The molecule has 1 atom stereocenters. The molecule has 0 spiro atoms. The quantitative estimate of drug-likeness (QED) is 0.805. The van der Waals surface area contributed by atoms with Gasteiger partial charge >= 0.3 is 0 Å². The molecule has 0 radical (unpaired) electrons. The lowest BCUT2D eigenvalue weighted by Gasteiger charge is -2.12. The fourth-order valence-electron chi connectivity index (χ4n) is 2.57. The van der Waals surface area contributed by atoms with Crippen LogP contribution >= 0.6 is 11.8 Å². The van der Waals surface area contributed by atoms with Gasteiger partial charge in [-0.15, -0.1) is 11.8 Å². The summed E-state index contributed by atoms with van der Waals surface area (Å²) in [5.41, 5.74) is 1.79. The predicted octanol–water partition coefficient (Wildman–Crippen LogP) is 3.78. The second-order valence-electron chi connectivity index (χ2n) is 4.84. The maximum atomic E-state index is 12.8. The van der Waals surface area contributed by atoms with Crippen LogP contribution in [-0.4, -0.2) is 25.8 Å². The minimum absolute atomic E-state index is 0.0794. The van der Waals surface area contributed by atoms with Crippen molar-refractivity contribution < 1.29 is 14.3 Å². The number of carbonyl (C=O) groups excluding carboxylic acids is 1. The van der Waals surface area contributed by atoms with E-state index in [1.165, 1.54) is 4.90 Å². The smallest absolute Gasteiger partial charge is 0.171 e. The van der Waals surface area contributed by atoms with Crippen LogP contribution in [-0.2, 0) is 0 Å². The van der Waals surface area contributed by atoms with Gasteiger partial charge in [-0.25, -0.2) is 0 Å². The van der Waals surface area contributed by atoms with Crippen LogP contribution in [0.25, 0.3) is 0 Å². The Balaban J connectivity index is 1.93. The van der Waals surface area contributed by atoms with E-state index in [-0.39, 0.29) is 11.7 Å². The van der Waals surface area contributed by atoms with Crippen molar-refractivity contribution in [3.63, 3.8) is 0 Å². The zero-order valence-corrected chi connectivity index (χ0v) is 12.8. The van der Waals surface area contributed by atoms with Gasteiger partial charge in [0.05, 0.1) is 20.1 Å². The van der Waals surface area contributed by atoms with Crippen LogP contribution in [0.5, 0.6) is 11.5 Å². The van der Waals surface area contributed by atoms with Crippen LogP contribution in [0.1, 0.15) is 21.8 Å². The van der Waals surface area contributed by atoms with Gasteiger partial charge in [0.25, 0.3) is 0 Å². The number of ketones is 1. The van der Waals surface area contributed by atoms with Crippen LogP contribution in [0, 0.1) is 0 Å². The Morgan fingerprint density at radius 2 is 1.86 bits per heavy atom. The van der Waals surface area contributed by atoms with Crippen LogP contribution in [0.3, 0.4) is 0 Å². The number of fused-ring (bicyclic) bond motifs is 1. The highest BCUT2D eigenvalue weighted by atomic mass is 32.2. The van der Waals surface area contributed by atoms with E-state index in [9.17, 15) is 4.79 Å². The number of hydrogen-bond donors (Lipinski definition) is 0. The number of benzene rings is 2. The van der Waals surface area contributed by atoms with Crippen LogP contribution in [0.15, 0.2) is 47.4 Å². The predicted molar refractivity (Wildman–Crippen MR) is 83.8 cm³/mol. The van der Waals surface area contributed by atoms with Crippen molar-refractivity contribution in [2.24, 2.45) is 0 Å². The molecule has 2 aromatic rings. The third-order valence-corrected chi connectivity index (χ3v) is 4.87. The molecule has 1 aliphatic rings. The molecule has 4 heteroatoms. The molecule has 0 amide bonds. The molecule has 3 rings (SSSR count). The Bertz CT molecular complexity index is 681. The van der Waals surface area contributed by atoms with Gasteiger partial charge in [-0.2, -0.15) is 0 Å². The van der Waals surface area contributed by atoms with E-state index < -0.39 is 0 Å². The van der Waals surface area contributed by atoms with Gasteiger partial charge < -0.3 is 9.47 Å². The lowest BCUT2D eigenvalue weighted by molar-refractivity contribution is 0.0968. The summed E-state index contributed by atoms with van der Waals surface area (Å²) in [5, 5.41) is 0. The van der Waals surface area contributed by atoms with Crippen LogP contribution in [0.4, 0.5) is 0 Å². The molecule has 0 bridgehead atoms. The third kappa shape index (κ3) is 2.51. The zero-order chi connectivity index (χ0) is 14.8. The van der Waals surface area contributed by atoms with Crippen molar-refractivity contribution in [3.05, 3.63) is 53.6 Å². The second kappa shape index (κ2) is 5.82. The Morgan fingerprint density at radius 3 is 2.62 bits per heavy atom.